The quantitative estimate of drug-likeness (QED) is 0.716. The van der Waals surface area contributed by atoms with Crippen LogP contribution in [0.5, 0.6) is 0 Å². The van der Waals surface area contributed by atoms with Gasteiger partial charge in [0, 0.05) is 31.9 Å². The smallest absolute Gasteiger partial charge is 0.234 e. The van der Waals surface area contributed by atoms with Crippen LogP contribution in [0.2, 0.25) is 0 Å². The second-order valence-electron chi connectivity index (χ2n) is 5.41. The van der Waals surface area contributed by atoms with Gasteiger partial charge in [0.1, 0.15) is 5.69 Å². The van der Waals surface area contributed by atoms with Crippen molar-refractivity contribution in [2.24, 2.45) is 0 Å². The number of methoxy groups -OCH3 is 1. The highest BCUT2D eigenvalue weighted by Crippen LogP contribution is 2.19. The van der Waals surface area contributed by atoms with Crippen LogP contribution >= 0.6 is 0 Å². The highest BCUT2D eigenvalue weighted by atomic mass is 16.5. The van der Waals surface area contributed by atoms with Crippen LogP contribution < -0.4 is 5.32 Å². The molecule has 0 spiro atoms. The molecule has 1 N–H and O–H groups in total. The molecule has 0 atom stereocenters. The van der Waals surface area contributed by atoms with E-state index in [0.717, 1.165) is 23.4 Å². The largest absolute Gasteiger partial charge is 0.385 e. The highest BCUT2D eigenvalue weighted by molar-refractivity contribution is 5.77. The zero-order chi connectivity index (χ0) is 16.5. The summed E-state index contributed by atoms with van der Waals surface area (Å²) in [5, 5.41) is 6.93. The highest BCUT2D eigenvalue weighted by Gasteiger charge is 2.11. The van der Waals surface area contributed by atoms with E-state index >= 15 is 0 Å². The third-order valence-corrected chi connectivity index (χ3v) is 3.32. The average molecular weight is 317 g/mol. The number of carbonyl (C=O) groups excluding carboxylic acids is 1. The van der Waals surface area contributed by atoms with Gasteiger partial charge in [0.15, 0.2) is 5.76 Å². The van der Waals surface area contributed by atoms with Gasteiger partial charge in [-0.2, -0.15) is 0 Å². The molecule has 0 fully saturated rings. The Balaban J connectivity index is 1.78. The summed E-state index contributed by atoms with van der Waals surface area (Å²) in [6.07, 6.45) is 0.814. The number of benzene rings is 1. The van der Waals surface area contributed by atoms with Gasteiger partial charge in [-0.25, -0.2) is 0 Å². The van der Waals surface area contributed by atoms with E-state index in [-0.39, 0.29) is 5.91 Å². The van der Waals surface area contributed by atoms with Gasteiger partial charge in [0.05, 0.1) is 13.1 Å². The molecule has 6 nitrogen and oxygen atoms in total. The molecule has 1 heterocycles. The van der Waals surface area contributed by atoms with Crippen LogP contribution in [0, 0.1) is 0 Å². The van der Waals surface area contributed by atoms with Crippen LogP contribution in [0.4, 0.5) is 0 Å². The van der Waals surface area contributed by atoms with E-state index in [0.29, 0.717) is 26.2 Å². The van der Waals surface area contributed by atoms with Gasteiger partial charge in [0.25, 0.3) is 0 Å². The summed E-state index contributed by atoms with van der Waals surface area (Å²) in [7, 11) is 3.52. The van der Waals surface area contributed by atoms with Crippen molar-refractivity contribution < 1.29 is 14.1 Å². The Bertz CT molecular complexity index is 598. The first-order valence-corrected chi connectivity index (χ1v) is 7.64. The van der Waals surface area contributed by atoms with Crippen LogP contribution in [0.1, 0.15) is 12.2 Å². The number of ether oxygens (including phenoxy) is 1. The van der Waals surface area contributed by atoms with Crippen molar-refractivity contribution in [3.63, 3.8) is 0 Å². The summed E-state index contributed by atoms with van der Waals surface area (Å²) in [6, 6.07) is 11.8. The SMILES string of the molecule is COCCCNC(=O)CN(C)Cc1cc(-c2ccccc2)no1. The Hall–Kier alpha value is -2.18. The molecule has 0 aliphatic heterocycles. The number of likely N-dealkylation sites (N-methyl/N-ethyl adjacent to an activating group) is 1. The second kappa shape index (κ2) is 9.07. The summed E-state index contributed by atoms with van der Waals surface area (Å²) in [5.41, 5.74) is 1.82. The maximum absolute atomic E-state index is 11.8. The van der Waals surface area contributed by atoms with E-state index < -0.39 is 0 Å². The fraction of sp³-hybridized carbons (Fsp3) is 0.412. The average Bonchev–Trinajstić information content (AvgIpc) is 3.00. The van der Waals surface area contributed by atoms with Gasteiger partial charge in [0.2, 0.25) is 5.91 Å². The fourth-order valence-corrected chi connectivity index (χ4v) is 2.20. The molecular weight excluding hydrogens is 294 g/mol. The Morgan fingerprint density at radius 3 is 2.87 bits per heavy atom. The molecule has 2 rings (SSSR count). The standard InChI is InChI=1S/C17H23N3O3/c1-20(13-17(21)18-9-6-10-22-2)12-15-11-16(19-23-15)14-7-4-3-5-8-14/h3-5,7-8,11H,6,9-10,12-13H2,1-2H3,(H,18,21). The van der Waals surface area contributed by atoms with Crippen LogP contribution in [0.3, 0.4) is 0 Å². The second-order valence-corrected chi connectivity index (χ2v) is 5.41. The minimum absolute atomic E-state index is 0.00796. The fourth-order valence-electron chi connectivity index (χ4n) is 2.20. The van der Waals surface area contributed by atoms with E-state index in [1.807, 2.05) is 48.3 Å². The van der Waals surface area contributed by atoms with Crippen LogP contribution in [-0.4, -0.2) is 49.8 Å². The lowest BCUT2D eigenvalue weighted by Gasteiger charge is -2.14. The summed E-state index contributed by atoms with van der Waals surface area (Å²) in [5.74, 6) is 0.727. The van der Waals surface area contributed by atoms with Gasteiger partial charge in [-0.05, 0) is 13.5 Å². The predicted molar refractivity (Wildman–Crippen MR) is 87.8 cm³/mol. The number of nitrogens with one attached hydrogen (secondary N) is 1. The topological polar surface area (TPSA) is 67.6 Å². The molecule has 0 radical (unpaired) electrons. The van der Waals surface area contributed by atoms with Gasteiger partial charge in [-0.3, -0.25) is 9.69 Å². The Kier molecular flexibility index (Phi) is 6.77. The number of hydrogen-bond donors (Lipinski definition) is 1. The lowest BCUT2D eigenvalue weighted by molar-refractivity contribution is -0.122. The van der Waals surface area contributed by atoms with E-state index in [9.17, 15) is 4.79 Å². The molecule has 0 saturated heterocycles. The summed E-state index contributed by atoms with van der Waals surface area (Å²) in [6.45, 7) is 2.12. The number of amides is 1. The third-order valence-electron chi connectivity index (χ3n) is 3.32. The van der Waals surface area contributed by atoms with E-state index in [2.05, 4.69) is 10.5 Å². The first kappa shape index (κ1) is 17.2. The minimum Gasteiger partial charge on any atom is -0.385 e. The molecular formula is C17H23N3O3. The van der Waals surface area contributed by atoms with Crippen molar-refractivity contribution in [2.45, 2.75) is 13.0 Å². The molecule has 124 valence electrons. The molecule has 1 amide bonds. The molecule has 0 saturated carbocycles. The molecule has 0 bridgehead atoms. The first-order chi connectivity index (χ1) is 11.2. The normalized spacial score (nSPS) is 10.9. The predicted octanol–water partition coefficient (Wildman–Crippen LogP) is 1.93. The molecule has 0 aliphatic carbocycles. The molecule has 6 heteroatoms. The van der Waals surface area contributed by atoms with Crippen molar-refractivity contribution in [3.05, 3.63) is 42.2 Å². The lowest BCUT2D eigenvalue weighted by Crippen LogP contribution is -2.35. The zero-order valence-corrected chi connectivity index (χ0v) is 13.6. The Morgan fingerprint density at radius 2 is 2.13 bits per heavy atom. The minimum atomic E-state index is -0.00796. The molecule has 23 heavy (non-hydrogen) atoms. The summed E-state index contributed by atoms with van der Waals surface area (Å²) < 4.78 is 10.3. The van der Waals surface area contributed by atoms with Crippen LogP contribution in [0.25, 0.3) is 11.3 Å². The van der Waals surface area contributed by atoms with Gasteiger partial charge in [-0.1, -0.05) is 35.5 Å². The van der Waals surface area contributed by atoms with Gasteiger partial charge >= 0.3 is 0 Å². The number of carbonyl (C=O) groups is 1. The molecule has 0 unspecified atom stereocenters. The molecule has 2 aromatic rings. The molecule has 1 aromatic carbocycles. The van der Waals surface area contributed by atoms with E-state index in [4.69, 9.17) is 9.26 Å². The summed E-state index contributed by atoms with van der Waals surface area (Å²) >= 11 is 0. The summed E-state index contributed by atoms with van der Waals surface area (Å²) in [4.78, 5) is 13.7. The van der Waals surface area contributed by atoms with E-state index in [1.165, 1.54) is 0 Å². The number of rotatable bonds is 9. The van der Waals surface area contributed by atoms with E-state index in [1.54, 1.807) is 7.11 Å². The van der Waals surface area contributed by atoms with Crippen molar-refractivity contribution in [1.29, 1.82) is 0 Å². The number of nitrogens with zero attached hydrogens (tertiary/aromatic N) is 2. The lowest BCUT2D eigenvalue weighted by atomic mass is 10.1. The zero-order valence-electron chi connectivity index (χ0n) is 13.6. The first-order valence-electron chi connectivity index (χ1n) is 7.64. The van der Waals surface area contributed by atoms with Crippen molar-refractivity contribution in [1.82, 2.24) is 15.4 Å². The van der Waals surface area contributed by atoms with Gasteiger partial charge < -0.3 is 14.6 Å². The maximum atomic E-state index is 11.8. The Labute approximate surface area is 136 Å². The van der Waals surface area contributed by atoms with Crippen LogP contribution in [0.15, 0.2) is 40.9 Å². The molecule has 0 aliphatic rings. The number of aromatic nitrogens is 1. The van der Waals surface area contributed by atoms with Crippen molar-refractivity contribution in [3.8, 4) is 11.3 Å². The molecule has 1 aromatic heterocycles. The number of hydrogen-bond acceptors (Lipinski definition) is 5. The third kappa shape index (κ3) is 5.84. The van der Waals surface area contributed by atoms with Crippen molar-refractivity contribution >= 4 is 5.91 Å². The maximum Gasteiger partial charge on any atom is 0.234 e. The monoisotopic (exact) mass is 317 g/mol. The van der Waals surface area contributed by atoms with Crippen LogP contribution in [-0.2, 0) is 16.1 Å². The van der Waals surface area contributed by atoms with Crippen molar-refractivity contribution in [2.75, 3.05) is 33.9 Å². The van der Waals surface area contributed by atoms with Gasteiger partial charge in [-0.15, -0.1) is 0 Å². The Morgan fingerprint density at radius 1 is 1.35 bits per heavy atom.